The highest BCUT2D eigenvalue weighted by atomic mass is 14.7. The van der Waals surface area contributed by atoms with Gasteiger partial charge in [-0.15, -0.1) is 0 Å². The van der Waals surface area contributed by atoms with Crippen LogP contribution in [0.1, 0.15) is 18.4 Å². The number of nitrogens with one attached hydrogen (secondary N) is 1. The molecule has 15 heavy (non-hydrogen) atoms. The van der Waals surface area contributed by atoms with E-state index < -0.39 is 0 Å². The molecule has 0 spiro atoms. The summed E-state index contributed by atoms with van der Waals surface area (Å²) in [5.74, 6) is 0.777. The van der Waals surface area contributed by atoms with Crippen molar-refractivity contribution < 1.29 is 0 Å². The second-order valence-electron chi connectivity index (χ2n) is 4.56. The molecule has 0 amide bonds. The molecule has 0 aliphatic heterocycles. The molecule has 0 unspecified atom stereocenters. The van der Waals surface area contributed by atoms with Crippen LogP contribution < -0.4 is 5.73 Å². The molecule has 2 nitrogen and oxygen atoms in total. The Kier molecular flexibility index (Phi) is 2.03. The van der Waals surface area contributed by atoms with Gasteiger partial charge in [0.2, 0.25) is 0 Å². The maximum Gasteiger partial charge on any atom is 0.0456 e. The number of benzene rings is 1. The van der Waals surface area contributed by atoms with E-state index in [0.29, 0.717) is 6.04 Å². The number of para-hydroxylation sites is 1. The molecule has 78 valence electrons. The summed E-state index contributed by atoms with van der Waals surface area (Å²) in [6.45, 7) is 0. The van der Waals surface area contributed by atoms with Gasteiger partial charge in [0.15, 0.2) is 0 Å². The summed E-state index contributed by atoms with van der Waals surface area (Å²) < 4.78 is 0. The number of aromatic nitrogens is 1. The number of H-pyrrole nitrogens is 1. The van der Waals surface area contributed by atoms with Crippen molar-refractivity contribution in [3.05, 3.63) is 36.0 Å². The van der Waals surface area contributed by atoms with Gasteiger partial charge in [0.25, 0.3) is 0 Å². The lowest BCUT2D eigenvalue weighted by Gasteiger charge is -1.98. The second-order valence-corrected chi connectivity index (χ2v) is 4.56. The highest BCUT2D eigenvalue weighted by Gasteiger charge is 2.32. The van der Waals surface area contributed by atoms with Crippen molar-refractivity contribution in [2.75, 3.05) is 0 Å². The lowest BCUT2D eigenvalue weighted by atomic mass is 10.1. The molecule has 2 aromatic rings. The van der Waals surface area contributed by atoms with E-state index >= 15 is 0 Å². The summed E-state index contributed by atoms with van der Waals surface area (Å²) in [6.07, 6.45) is 5.76. The molecule has 1 aromatic heterocycles. The zero-order valence-electron chi connectivity index (χ0n) is 8.74. The minimum Gasteiger partial charge on any atom is -0.361 e. The third kappa shape index (κ3) is 1.65. The third-order valence-electron chi connectivity index (χ3n) is 3.44. The Morgan fingerprint density at radius 3 is 2.93 bits per heavy atom. The van der Waals surface area contributed by atoms with Crippen LogP contribution in [-0.2, 0) is 6.42 Å². The summed E-state index contributed by atoms with van der Waals surface area (Å²) in [6, 6.07) is 8.97. The Hall–Kier alpha value is -1.28. The zero-order chi connectivity index (χ0) is 10.3. The number of nitrogens with two attached hydrogens (primary N) is 1. The summed E-state index contributed by atoms with van der Waals surface area (Å²) in [5, 5.41) is 1.37. The van der Waals surface area contributed by atoms with Crippen molar-refractivity contribution in [1.82, 2.24) is 4.98 Å². The third-order valence-corrected chi connectivity index (χ3v) is 3.44. The van der Waals surface area contributed by atoms with Gasteiger partial charge in [-0.1, -0.05) is 18.2 Å². The topological polar surface area (TPSA) is 41.8 Å². The Balaban J connectivity index is 1.79. The Bertz CT molecular complexity index is 472. The standard InChI is InChI=1S/C13H16N2/c14-12-7-9(12)5-6-10-8-15-13-4-2-1-3-11(10)13/h1-4,8-9,12,15H,5-7,14H2/t9-,12-/m1/s1. The van der Waals surface area contributed by atoms with Crippen LogP contribution in [-0.4, -0.2) is 11.0 Å². The van der Waals surface area contributed by atoms with Crippen LogP contribution in [0, 0.1) is 5.92 Å². The second kappa shape index (κ2) is 3.38. The molecular weight excluding hydrogens is 184 g/mol. The van der Waals surface area contributed by atoms with Gasteiger partial charge in [0.05, 0.1) is 0 Å². The first-order valence-corrected chi connectivity index (χ1v) is 5.65. The van der Waals surface area contributed by atoms with Crippen molar-refractivity contribution >= 4 is 10.9 Å². The average molecular weight is 200 g/mol. The molecule has 0 saturated heterocycles. The minimum absolute atomic E-state index is 0.482. The number of hydrogen-bond acceptors (Lipinski definition) is 1. The van der Waals surface area contributed by atoms with Crippen LogP contribution in [0.4, 0.5) is 0 Å². The number of fused-ring (bicyclic) bond motifs is 1. The minimum atomic E-state index is 0.482. The van der Waals surface area contributed by atoms with E-state index in [1.54, 1.807) is 0 Å². The maximum absolute atomic E-state index is 5.81. The SMILES string of the molecule is N[C@@H]1C[C@H]1CCc1c[nH]c2ccccc12. The summed E-state index contributed by atoms with van der Waals surface area (Å²) in [7, 11) is 0. The lowest BCUT2D eigenvalue weighted by Crippen LogP contribution is -2.02. The maximum atomic E-state index is 5.81. The van der Waals surface area contributed by atoms with Gasteiger partial charge < -0.3 is 10.7 Å². The Labute approximate surface area is 89.5 Å². The highest BCUT2D eigenvalue weighted by Crippen LogP contribution is 2.33. The summed E-state index contributed by atoms with van der Waals surface area (Å²) in [4.78, 5) is 3.31. The highest BCUT2D eigenvalue weighted by molar-refractivity contribution is 5.82. The lowest BCUT2D eigenvalue weighted by molar-refractivity contribution is 0.702. The van der Waals surface area contributed by atoms with E-state index in [1.165, 1.54) is 29.3 Å². The largest absolute Gasteiger partial charge is 0.361 e. The molecule has 1 aromatic carbocycles. The van der Waals surface area contributed by atoms with Gasteiger partial charge in [-0.05, 0) is 36.8 Å². The van der Waals surface area contributed by atoms with Gasteiger partial charge in [-0.2, -0.15) is 0 Å². The number of aryl methyl sites for hydroxylation is 1. The van der Waals surface area contributed by atoms with Gasteiger partial charge >= 0.3 is 0 Å². The van der Waals surface area contributed by atoms with E-state index in [2.05, 4.69) is 35.4 Å². The predicted octanol–water partition coefficient (Wildman–Crippen LogP) is 2.45. The van der Waals surface area contributed by atoms with Gasteiger partial charge in [0, 0.05) is 23.1 Å². The van der Waals surface area contributed by atoms with Crippen molar-refractivity contribution in [2.45, 2.75) is 25.3 Å². The van der Waals surface area contributed by atoms with Crippen molar-refractivity contribution in [3.63, 3.8) is 0 Å². The first-order valence-electron chi connectivity index (χ1n) is 5.65. The summed E-state index contributed by atoms with van der Waals surface area (Å²) in [5.41, 5.74) is 8.49. The van der Waals surface area contributed by atoms with Crippen LogP contribution in [0.15, 0.2) is 30.5 Å². The molecule has 1 fully saturated rings. The molecule has 0 bridgehead atoms. The molecular formula is C13H16N2. The van der Waals surface area contributed by atoms with Crippen LogP contribution in [0.25, 0.3) is 10.9 Å². The first kappa shape index (κ1) is 8.98. The smallest absolute Gasteiger partial charge is 0.0456 e. The van der Waals surface area contributed by atoms with E-state index in [9.17, 15) is 0 Å². The normalized spacial score (nSPS) is 24.6. The van der Waals surface area contributed by atoms with Crippen molar-refractivity contribution in [3.8, 4) is 0 Å². The molecule has 1 saturated carbocycles. The van der Waals surface area contributed by atoms with Crippen molar-refractivity contribution in [2.24, 2.45) is 11.7 Å². The molecule has 1 heterocycles. The number of hydrogen-bond donors (Lipinski definition) is 2. The van der Waals surface area contributed by atoms with Crippen LogP contribution in [0.5, 0.6) is 0 Å². The molecule has 3 N–H and O–H groups in total. The van der Waals surface area contributed by atoms with Crippen molar-refractivity contribution in [1.29, 1.82) is 0 Å². The monoisotopic (exact) mass is 200 g/mol. The quantitative estimate of drug-likeness (QED) is 0.785. The fourth-order valence-corrected chi connectivity index (χ4v) is 2.28. The summed E-state index contributed by atoms with van der Waals surface area (Å²) >= 11 is 0. The fourth-order valence-electron chi connectivity index (χ4n) is 2.28. The molecule has 2 heteroatoms. The first-order chi connectivity index (χ1) is 7.34. The average Bonchev–Trinajstić information content (AvgIpc) is 2.81. The molecule has 0 radical (unpaired) electrons. The number of aromatic amines is 1. The molecule has 1 aliphatic rings. The van der Waals surface area contributed by atoms with E-state index in [1.807, 2.05) is 0 Å². The van der Waals surface area contributed by atoms with E-state index in [0.717, 1.165) is 12.3 Å². The van der Waals surface area contributed by atoms with Crippen LogP contribution in [0.2, 0.25) is 0 Å². The van der Waals surface area contributed by atoms with Crippen LogP contribution >= 0.6 is 0 Å². The molecule has 3 rings (SSSR count). The van der Waals surface area contributed by atoms with E-state index in [-0.39, 0.29) is 0 Å². The fraction of sp³-hybridized carbons (Fsp3) is 0.385. The Morgan fingerprint density at radius 1 is 1.33 bits per heavy atom. The van der Waals surface area contributed by atoms with E-state index in [4.69, 9.17) is 5.73 Å². The van der Waals surface area contributed by atoms with Gasteiger partial charge in [0.1, 0.15) is 0 Å². The number of rotatable bonds is 3. The molecule has 2 atom stereocenters. The Morgan fingerprint density at radius 2 is 2.13 bits per heavy atom. The van der Waals surface area contributed by atoms with Crippen LogP contribution in [0.3, 0.4) is 0 Å². The molecule has 1 aliphatic carbocycles. The zero-order valence-corrected chi connectivity index (χ0v) is 8.74. The van der Waals surface area contributed by atoms with Gasteiger partial charge in [-0.25, -0.2) is 0 Å². The van der Waals surface area contributed by atoms with Gasteiger partial charge in [-0.3, -0.25) is 0 Å². The predicted molar refractivity (Wildman–Crippen MR) is 62.7 cm³/mol.